The Kier molecular flexibility index (Phi) is 5.20. The van der Waals surface area contributed by atoms with Crippen LogP contribution in [-0.2, 0) is 0 Å². The number of hydrogen-bond acceptors (Lipinski definition) is 4. The van der Waals surface area contributed by atoms with Gasteiger partial charge in [-0.1, -0.05) is 45.8 Å². The number of aromatic hydroxyl groups is 1. The number of hydrogen-bond donors (Lipinski definition) is 3. The van der Waals surface area contributed by atoms with E-state index < -0.39 is 0 Å². The number of azo groups is 1. The van der Waals surface area contributed by atoms with Crippen LogP contribution in [0.1, 0.15) is 11.1 Å². The van der Waals surface area contributed by atoms with Gasteiger partial charge in [-0.15, -0.1) is 10.2 Å². The number of nitrogens with one attached hydrogen (secondary N) is 2. The van der Waals surface area contributed by atoms with Gasteiger partial charge >= 0.3 is 0 Å². The molecular weight excluding hydrogens is 402 g/mol. The number of thiocarbonyl (C=S) groups is 1. The highest BCUT2D eigenvalue weighted by atomic mass is 79.9. The second-order valence-electron chi connectivity index (χ2n) is 5.27. The third kappa shape index (κ3) is 4.09. The second kappa shape index (κ2) is 7.54. The predicted octanol–water partition coefficient (Wildman–Crippen LogP) is 4.94. The SMILES string of the molecule is Cc1ccc2[nH]c(O)c(N=NC(=S)N/N=C/c3ccccc3Br)c2c1. The summed E-state index contributed by atoms with van der Waals surface area (Å²) in [6.07, 6.45) is 1.62. The van der Waals surface area contributed by atoms with Crippen LogP contribution in [0.2, 0.25) is 0 Å². The zero-order valence-corrected chi connectivity index (χ0v) is 15.6. The molecule has 0 bridgehead atoms. The van der Waals surface area contributed by atoms with Crippen LogP contribution in [0.4, 0.5) is 5.69 Å². The van der Waals surface area contributed by atoms with Crippen LogP contribution in [-0.4, -0.2) is 21.4 Å². The molecule has 0 saturated heterocycles. The molecular formula is C17H14BrN5OS. The Labute approximate surface area is 157 Å². The Hall–Kier alpha value is -2.58. The summed E-state index contributed by atoms with van der Waals surface area (Å²) in [5.74, 6) is -0.0520. The van der Waals surface area contributed by atoms with E-state index in [-0.39, 0.29) is 11.0 Å². The highest BCUT2D eigenvalue weighted by Gasteiger charge is 2.10. The van der Waals surface area contributed by atoms with E-state index in [9.17, 15) is 5.11 Å². The van der Waals surface area contributed by atoms with Crippen LogP contribution >= 0.6 is 28.1 Å². The number of rotatable bonds is 3. The third-order valence-corrected chi connectivity index (χ3v) is 4.31. The van der Waals surface area contributed by atoms with Crippen molar-refractivity contribution in [2.75, 3.05) is 0 Å². The van der Waals surface area contributed by atoms with E-state index in [0.29, 0.717) is 5.69 Å². The summed E-state index contributed by atoms with van der Waals surface area (Å²) in [5, 5.41) is 22.8. The highest BCUT2D eigenvalue weighted by Crippen LogP contribution is 2.35. The minimum atomic E-state index is -0.0520. The summed E-state index contributed by atoms with van der Waals surface area (Å²) in [4.78, 5) is 2.85. The minimum Gasteiger partial charge on any atom is -0.493 e. The number of hydrazone groups is 1. The van der Waals surface area contributed by atoms with Crippen molar-refractivity contribution < 1.29 is 5.11 Å². The standard InChI is InChI=1S/C17H14BrN5OS/c1-10-6-7-14-12(8-10)15(16(24)20-14)21-23-17(25)22-19-9-11-4-2-3-5-13(11)18/h2-9,20,24H,1H3,(H,22,25)/b19-9+,23-21?. The van der Waals surface area contributed by atoms with Crippen molar-refractivity contribution in [3.8, 4) is 5.88 Å². The van der Waals surface area contributed by atoms with Gasteiger partial charge in [-0.2, -0.15) is 5.10 Å². The first kappa shape index (κ1) is 17.2. The van der Waals surface area contributed by atoms with E-state index in [1.807, 2.05) is 49.4 Å². The Morgan fingerprint density at radius 1 is 1.28 bits per heavy atom. The monoisotopic (exact) mass is 415 g/mol. The Balaban J connectivity index is 1.72. The highest BCUT2D eigenvalue weighted by molar-refractivity contribution is 9.10. The van der Waals surface area contributed by atoms with Crippen molar-refractivity contribution in [2.45, 2.75) is 6.92 Å². The van der Waals surface area contributed by atoms with Crippen LogP contribution in [0.25, 0.3) is 10.9 Å². The molecule has 8 heteroatoms. The lowest BCUT2D eigenvalue weighted by molar-refractivity contribution is 0.459. The summed E-state index contributed by atoms with van der Waals surface area (Å²) in [6, 6.07) is 13.4. The fraction of sp³-hybridized carbons (Fsp3) is 0.0588. The Morgan fingerprint density at radius 3 is 2.88 bits per heavy atom. The van der Waals surface area contributed by atoms with Gasteiger partial charge in [0.25, 0.3) is 0 Å². The minimum absolute atomic E-state index is 0.0520. The average Bonchev–Trinajstić information content (AvgIpc) is 2.89. The van der Waals surface area contributed by atoms with Gasteiger partial charge in [-0.3, -0.25) is 5.43 Å². The van der Waals surface area contributed by atoms with Crippen LogP contribution in [0, 0.1) is 6.92 Å². The maximum atomic E-state index is 9.99. The molecule has 3 N–H and O–H groups in total. The van der Waals surface area contributed by atoms with E-state index in [1.54, 1.807) is 6.21 Å². The molecule has 0 spiro atoms. The maximum absolute atomic E-state index is 9.99. The molecule has 0 radical (unpaired) electrons. The molecule has 0 atom stereocenters. The fourth-order valence-electron chi connectivity index (χ4n) is 2.23. The number of nitrogens with zero attached hydrogens (tertiary/aromatic N) is 3. The number of H-pyrrole nitrogens is 1. The zero-order valence-electron chi connectivity index (χ0n) is 13.2. The summed E-state index contributed by atoms with van der Waals surface area (Å²) in [5.41, 5.74) is 5.71. The summed E-state index contributed by atoms with van der Waals surface area (Å²) >= 11 is 8.51. The fourth-order valence-corrected chi connectivity index (χ4v) is 2.71. The first-order valence-corrected chi connectivity index (χ1v) is 8.55. The summed E-state index contributed by atoms with van der Waals surface area (Å²) < 4.78 is 0.923. The molecule has 126 valence electrons. The van der Waals surface area contributed by atoms with E-state index in [4.69, 9.17) is 12.2 Å². The topological polar surface area (TPSA) is 85.1 Å². The van der Waals surface area contributed by atoms with Gasteiger partial charge in [0.2, 0.25) is 11.0 Å². The lowest BCUT2D eigenvalue weighted by Gasteiger charge is -1.98. The predicted molar refractivity (Wildman–Crippen MR) is 107 cm³/mol. The Bertz CT molecular complexity index is 996. The van der Waals surface area contributed by atoms with Gasteiger partial charge in [0.05, 0.1) is 11.7 Å². The van der Waals surface area contributed by atoms with Gasteiger partial charge in [-0.05, 0) is 37.3 Å². The van der Waals surface area contributed by atoms with Crippen molar-refractivity contribution in [3.05, 3.63) is 58.1 Å². The lowest BCUT2D eigenvalue weighted by atomic mass is 10.2. The van der Waals surface area contributed by atoms with Crippen LogP contribution in [0.15, 0.2) is 62.3 Å². The van der Waals surface area contributed by atoms with Gasteiger partial charge in [-0.25, -0.2) is 0 Å². The van der Waals surface area contributed by atoms with E-state index in [0.717, 1.165) is 26.5 Å². The number of halogens is 1. The number of aromatic nitrogens is 1. The Morgan fingerprint density at radius 2 is 2.08 bits per heavy atom. The van der Waals surface area contributed by atoms with E-state index in [1.165, 1.54) is 0 Å². The quantitative estimate of drug-likeness (QED) is 0.245. The molecule has 3 aromatic rings. The van der Waals surface area contributed by atoms with E-state index >= 15 is 0 Å². The second-order valence-corrected chi connectivity index (χ2v) is 6.51. The zero-order chi connectivity index (χ0) is 17.8. The largest absolute Gasteiger partial charge is 0.493 e. The van der Waals surface area contributed by atoms with Crippen LogP contribution in [0.5, 0.6) is 5.88 Å². The number of fused-ring (bicyclic) bond motifs is 1. The maximum Gasteiger partial charge on any atom is 0.234 e. The molecule has 25 heavy (non-hydrogen) atoms. The van der Waals surface area contributed by atoms with Crippen molar-refractivity contribution in [2.24, 2.45) is 15.3 Å². The molecule has 0 amide bonds. The molecule has 1 heterocycles. The van der Waals surface area contributed by atoms with Gasteiger partial charge in [0.15, 0.2) is 5.69 Å². The normalized spacial score (nSPS) is 11.6. The first-order chi connectivity index (χ1) is 12.0. The molecule has 0 aliphatic heterocycles. The molecule has 0 saturated carbocycles. The van der Waals surface area contributed by atoms with Crippen molar-refractivity contribution in [3.63, 3.8) is 0 Å². The van der Waals surface area contributed by atoms with Crippen LogP contribution in [0.3, 0.4) is 0 Å². The van der Waals surface area contributed by atoms with Gasteiger partial charge in [0, 0.05) is 15.4 Å². The molecule has 3 rings (SSSR count). The smallest absolute Gasteiger partial charge is 0.234 e. The summed E-state index contributed by atoms with van der Waals surface area (Å²) in [7, 11) is 0. The average molecular weight is 416 g/mol. The number of aryl methyl sites for hydroxylation is 1. The third-order valence-electron chi connectivity index (χ3n) is 3.42. The van der Waals surface area contributed by atoms with Crippen molar-refractivity contribution in [1.29, 1.82) is 0 Å². The molecule has 0 unspecified atom stereocenters. The van der Waals surface area contributed by atoms with Crippen molar-refractivity contribution in [1.82, 2.24) is 10.4 Å². The lowest BCUT2D eigenvalue weighted by Crippen LogP contribution is -2.11. The van der Waals surface area contributed by atoms with Gasteiger partial charge < -0.3 is 10.1 Å². The summed E-state index contributed by atoms with van der Waals surface area (Å²) in [6.45, 7) is 1.97. The molecule has 0 aliphatic rings. The molecule has 1 aromatic heterocycles. The number of benzene rings is 2. The molecule has 0 fully saturated rings. The first-order valence-electron chi connectivity index (χ1n) is 7.35. The van der Waals surface area contributed by atoms with E-state index in [2.05, 4.69) is 41.7 Å². The van der Waals surface area contributed by atoms with Crippen LogP contribution < -0.4 is 5.43 Å². The molecule has 0 aliphatic carbocycles. The molecule has 6 nitrogen and oxygen atoms in total. The van der Waals surface area contributed by atoms with Gasteiger partial charge in [0.1, 0.15) is 0 Å². The molecule has 2 aromatic carbocycles. The number of aromatic amines is 1. The van der Waals surface area contributed by atoms with Crippen molar-refractivity contribution >= 4 is 56.1 Å².